The highest BCUT2D eigenvalue weighted by Crippen LogP contribution is 2.17. The normalized spacial score (nSPS) is 20.6. The van der Waals surface area contributed by atoms with Gasteiger partial charge in [0.25, 0.3) is 0 Å². The van der Waals surface area contributed by atoms with Crippen LogP contribution in [-0.2, 0) is 4.79 Å². The van der Waals surface area contributed by atoms with Crippen LogP contribution in [0.25, 0.3) is 0 Å². The molecule has 0 bridgehead atoms. The van der Waals surface area contributed by atoms with Crippen molar-refractivity contribution in [3.8, 4) is 0 Å². The average molecular weight is 270 g/mol. The van der Waals surface area contributed by atoms with Gasteiger partial charge < -0.3 is 15.7 Å². The zero-order valence-electron chi connectivity index (χ0n) is 12.5. The molecule has 0 saturated heterocycles. The van der Waals surface area contributed by atoms with Crippen LogP contribution in [0.1, 0.15) is 65.2 Å². The summed E-state index contributed by atoms with van der Waals surface area (Å²) in [5.41, 5.74) is -0.711. The maximum absolute atomic E-state index is 11.8. The third kappa shape index (κ3) is 7.53. The molecule has 0 spiro atoms. The predicted molar refractivity (Wildman–Crippen MR) is 78.0 cm³/mol. The molecule has 1 atom stereocenters. The second-order valence-corrected chi connectivity index (χ2v) is 6.11. The molecule has 1 rings (SSSR count). The van der Waals surface area contributed by atoms with E-state index in [0.29, 0.717) is 19.1 Å². The van der Waals surface area contributed by atoms with Crippen LogP contribution >= 0.6 is 0 Å². The molecule has 0 radical (unpaired) electrons. The highest BCUT2D eigenvalue weighted by atomic mass is 16.3. The summed E-state index contributed by atoms with van der Waals surface area (Å²) in [5.74, 6) is 0.0548. The molecular weight excluding hydrogens is 240 g/mol. The molecule has 0 aromatic carbocycles. The minimum atomic E-state index is -0.711. The van der Waals surface area contributed by atoms with Crippen LogP contribution in [0.15, 0.2) is 0 Å². The Kier molecular flexibility index (Phi) is 7.39. The number of hydrogen-bond acceptors (Lipinski definition) is 3. The molecule has 1 aliphatic carbocycles. The van der Waals surface area contributed by atoms with Crippen molar-refractivity contribution in [2.24, 2.45) is 0 Å². The van der Waals surface area contributed by atoms with Gasteiger partial charge in [-0.1, -0.05) is 39.0 Å². The summed E-state index contributed by atoms with van der Waals surface area (Å²) in [6.07, 6.45) is 8.97. The number of carbonyl (C=O) groups is 1. The van der Waals surface area contributed by atoms with E-state index in [-0.39, 0.29) is 5.91 Å². The Balaban J connectivity index is 2.16. The Hall–Kier alpha value is -0.610. The molecule has 0 heterocycles. The summed E-state index contributed by atoms with van der Waals surface area (Å²) >= 11 is 0. The van der Waals surface area contributed by atoms with Crippen LogP contribution in [-0.4, -0.2) is 35.7 Å². The SMILES string of the molecule is CCCC(C)(O)CNCC(=O)NC1CCCCCC1. The summed E-state index contributed by atoms with van der Waals surface area (Å²) in [6, 6.07) is 0.355. The molecular formula is C15H30N2O2. The standard InChI is InChI=1S/C15H30N2O2/c1-3-10-15(2,19)12-16-11-14(18)17-13-8-6-4-5-7-9-13/h13,16,19H,3-12H2,1-2H3,(H,17,18). The minimum absolute atomic E-state index is 0.0548. The van der Waals surface area contributed by atoms with E-state index in [0.717, 1.165) is 25.7 Å². The van der Waals surface area contributed by atoms with Crippen molar-refractivity contribution in [1.29, 1.82) is 0 Å². The molecule has 112 valence electrons. The molecule has 0 aromatic heterocycles. The third-order valence-corrected chi connectivity index (χ3v) is 3.80. The van der Waals surface area contributed by atoms with Gasteiger partial charge in [-0.3, -0.25) is 4.79 Å². The van der Waals surface area contributed by atoms with Gasteiger partial charge in [0.05, 0.1) is 12.1 Å². The lowest BCUT2D eigenvalue weighted by molar-refractivity contribution is -0.121. The van der Waals surface area contributed by atoms with Gasteiger partial charge in [0, 0.05) is 12.6 Å². The van der Waals surface area contributed by atoms with Gasteiger partial charge >= 0.3 is 0 Å². The van der Waals surface area contributed by atoms with Crippen molar-refractivity contribution in [1.82, 2.24) is 10.6 Å². The zero-order valence-corrected chi connectivity index (χ0v) is 12.5. The van der Waals surface area contributed by atoms with Crippen molar-refractivity contribution in [2.45, 2.75) is 76.9 Å². The molecule has 19 heavy (non-hydrogen) atoms. The van der Waals surface area contributed by atoms with Gasteiger partial charge in [0.2, 0.25) is 5.91 Å². The van der Waals surface area contributed by atoms with Crippen molar-refractivity contribution >= 4 is 5.91 Å². The van der Waals surface area contributed by atoms with E-state index in [1.54, 1.807) is 0 Å². The Bertz CT molecular complexity index is 259. The summed E-state index contributed by atoms with van der Waals surface area (Å²) in [7, 11) is 0. The smallest absolute Gasteiger partial charge is 0.234 e. The Morgan fingerprint density at radius 2 is 1.89 bits per heavy atom. The predicted octanol–water partition coefficient (Wildman–Crippen LogP) is 1.97. The summed E-state index contributed by atoms with van der Waals surface area (Å²) < 4.78 is 0. The first-order valence-electron chi connectivity index (χ1n) is 7.76. The number of carbonyl (C=O) groups excluding carboxylic acids is 1. The van der Waals surface area contributed by atoms with E-state index < -0.39 is 5.60 Å². The quantitative estimate of drug-likeness (QED) is 0.620. The molecule has 1 fully saturated rings. The third-order valence-electron chi connectivity index (χ3n) is 3.80. The van der Waals surface area contributed by atoms with Gasteiger partial charge in [-0.05, 0) is 26.2 Å². The highest BCUT2D eigenvalue weighted by molar-refractivity contribution is 5.78. The summed E-state index contributed by atoms with van der Waals surface area (Å²) in [5, 5.41) is 16.1. The van der Waals surface area contributed by atoms with Crippen LogP contribution in [0.4, 0.5) is 0 Å². The van der Waals surface area contributed by atoms with Crippen molar-refractivity contribution < 1.29 is 9.90 Å². The van der Waals surface area contributed by atoms with Gasteiger partial charge in [0.15, 0.2) is 0 Å². The molecule has 3 N–H and O–H groups in total. The fourth-order valence-corrected chi connectivity index (χ4v) is 2.77. The number of amides is 1. The topological polar surface area (TPSA) is 61.4 Å². The second-order valence-electron chi connectivity index (χ2n) is 6.11. The number of nitrogens with one attached hydrogen (secondary N) is 2. The van der Waals surface area contributed by atoms with Gasteiger partial charge in [-0.25, -0.2) is 0 Å². The van der Waals surface area contributed by atoms with E-state index in [1.165, 1.54) is 25.7 Å². The Morgan fingerprint density at radius 3 is 2.47 bits per heavy atom. The summed E-state index contributed by atoms with van der Waals surface area (Å²) in [6.45, 7) is 4.63. The fourth-order valence-electron chi connectivity index (χ4n) is 2.77. The monoisotopic (exact) mass is 270 g/mol. The van der Waals surface area contributed by atoms with Crippen LogP contribution in [0.3, 0.4) is 0 Å². The van der Waals surface area contributed by atoms with E-state index >= 15 is 0 Å². The molecule has 4 nitrogen and oxygen atoms in total. The maximum atomic E-state index is 11.8. The first-order chi connectivity index (χ1) is 9.03. The van der Waals surface area contributed by atoms with Crippen LogP contribution in [0.5, 0.6) is 0 Å². The largest absolute Gasteiger partial charge is 0.389 e. The van der Waals surface area contributed by atoms with Crippen LogP contribution in [0, 0.1) is 0 Å². The molecule has 1 saturated carbocycles. The van der Waals surface area contributed by atoms with E-state index in [4.69, 9.17) is 0 Å². The van der Waals surface area contributed by atoms with E-state index in [2.05, 4.69) is 10.6 Å². The maximum Gasteiger partial charge on any atom is 0.234 e. The molecule has 0 aliphatic heterocycles. The van der Waals surface area contributed by atoms with Gasteiger partial charge in [-0.2, -0.15) is 0 Å². The lowest BCUT2D eigenvalue weighted by Crippen LogP contribution is -2.44. The van der Waals surface area contributed by atoms with Crippen LogP contribution in [0.2, 0.25) is 0 Å². The highest BCUT2D eigenvalue weighted by Gasteiger charge is 2.19. The average Bonchev–Trinajstić information content (AvgIpc) is 2.57. The van der Waals surface area contributed by atoms with Crippen molar-refractivity contribution in [2.75, 3.05) is 13.1 Å². The zero-order chi connectivity index (χ0) is 14.1. The van der Waals surface area contributed by atoms with Crippen molar-refractivity contribution in [3.63, 3.8) is 0 Å². The van der Waals surface area contributed by atoms with E-state index in [9.17, 15) is 9.90 Å². The first-order valence-corrected chi connectivity index (χ1v) is 7.76. The first kappa shape index (κ1) is 16.4. The Morgan fingerprint density at radius 1 is 1.26 bits per heavy atom. The molecule has 0 aromatic rings. The lowest BCUT2D eigenvalue weighted by Gasteiger charge is -2.23. The van der Waals surface area contributed by atoms with Crippen LogP contribution < -0.4 is 10.6 Å². The molecule has 1 unspecified atom stereocenters. The van der Waals surface area contributed by atoms with Gasteiger partial charge in [0.1, 0.15) is 0 Å². The number of aliphatic hydroxyl groups is 1. The van der Waals surface area contributed by atoms with E-state index in [1.807, 2.05) is 13.8 Å². The molecule has 1 aliphatic rings. The summed E-state index contributed by atoms with van der Waals surface area (Å²) in [4.78, 5) is 11.8. The van der Waals surface area contributed by atoms with Crippen molar-refractivity contribution in [3.05, 3.63) is 0 Å². The fraction of sp³-hybridized carbons (Fsp3) is 0.933. The second kappa shape index (κ2) is 8.54. The molecule has 4 heteroatoms. The van der Waals surface area contributed by atoms with Gasteiger partial charge in [-0.15, -0.1) is 0 Å². The number of rotatable bonds is 7. The Labute approximate surface area is 117 Å². The number of hydrogen-bond donors (Lipinski definition) is 3. The molecule has 1 amide bonds. The minimum Gasteiger partial charge on any atom is -0.389 e. The lowest BCUT2D eigenvalue weighted by atomic mass is 10.0.